The minimum Gasteiger partial charge on any atom is -0.380 e. The maximum atomic E-state index is 12.6. The van der Waals surface area contributed by atoms with Gasteiger partial charge in [0.05, 0.1) is 26.0 Å². The molecule has 2 aromatic heterocycles. The van der Waals surface area contributed by atoms with Gasteiger partial charge in [-0.2, -0.15) is 4.99 Å². The predicted molar refractivity (Wildman–Crippen MR) is 113 cm³/mol. The Hall–Kier alpha value is -1.99. The molecule has 0 N–H and O–H groups in total. The fourth-order valence-electron chi connectivity index (χ4n) is 2.97. The maximum Gasteiger partial charge on any atom is 0.289 e. The van der Waals surface area contributed by atoms with E-state index in [1.54, 1.807) is 12.1 Å². The maximum absolute atomic E-state index is 12.6. The molecule has 0 unspecified atom stereocenters. The molecule has 4 aromatic rings. The third-order valence-electron chi connectivity index (χ3n) is 4.22. The smallest absolute Gasteiger partial charge is 0.289 e. The molecule has 0 radical (unpaired) electrons. The van der Waals surface area contributed by atoms with Crippen LogP contribution in [-0.2, 0) is 11.3 Å². The molecule has 2 aromatic carbocycles. The zero-order valence-corrected chi connectivity index (χ0v) is 17.0. The van der Waals surface area contributed by atoms with Crippen molar-refractivity contribution in [2.75, 3.05) is 13.2 Å². The van der Waals surface area contributed by atoms with E-state index in [0.717, 1.165) is 10.2 Å². The largest absolute Gasteiger partial charge is 0.380 e. The SMILES string of the molecule is CCOCCn1c(=NC(=O)c2ccc(Cl)s2)sc2c3ccccc3ccc21. The van der Waals surface area contributed by atoms with Crippen LogP contribution in [0.15, 0.2) is 53.5 Å². The molecule has 7 heteroatoms. The molecular formula is C20H17ClN2O2S2. The summed E-state index contributed by atoms with van der Waals surface area (Å²) in [6.07, 6.45) is 0. The van der Waals surface area contributed by atoms with Gasteiger partial charge in [0.15, 0.2) is 4.80 Å². The Labute approximate surface area is 169 Å². The molecule has 0 spiro atoms. The van der Waals surface area contributed by atoms with Crippen molar-refractivity contribution in [1.82, 2.24) is 4.57 Å². The summed E-state index contributed by atoms with van der Waals surface area (Å²) >= 11 is 8.74. The van der Waals surface area contributed by atoms with Crippen LogP contribution >= 0.6 is 34.3 Å². The van der Waals surface area contributed by atoms with E-state index in [2.05, 4.69) is 33.8 Å². The molecule has 0 bridgehead atoms. The molecule has 1 amide bonds. The molecule has 0 saturated heterocycles. The summed E-state index contributed by atoms with van der Waals surface area (Å²) in [6.45, 7) is 3.84. The number of fused-ring (bicyclic) bond motifs is 3. The van der Waals surface area contributed by atoms with E-state index in [9.17, 15) is 4.79 Å². The third kappa shape index (κ3) is 3.71. The van der Waals surface area contributed by atoms with E-state index in [4.69, 9.17) is 16.3 Å². The second kappa shape index (κ2) is 7.94. The number of rotatable bonds is 5. The van der Waals surface area contributed by atoms with Crippen LogP contribution in [0.5, 0.6) is 0 Å². The number of halogens is 1. The first-order valence-electron chi connectivity index (χ1n) is 8.60. The van der Waals surface area contributed by atoms with Gasteiger partial charge in [0.2, 0.25) is 0 Å². The van der Waals surface area contributed by atoms with Crippen molar-refractivity contribution in [2.45, 2.75) is 13.5 Å². The second-order valence-electron chi connectivity index (χ2n) is 5.89. The molecule has 138 valence electrons. The Kier molecular flexibility index (Phi) is 5.41. The quantitative estimate of drug-likeness (QED) is 0.411. The first-order valence-corrected chi connectivity index (χ1v) is 10.6. The Morgan fingerprint density at radius 2 is 2.00 bits per heavy atom. The van der Waals surface area contributed by atoms with E-state index < -0.39 is 0 Å². The van der Waals surface area contributed by atoms with Crippen LogP contribution in [0.2, 0.25) is 4.34 Å². The van der Waals surface area contributed by atoms with Gasteiger partial charge >= 0.3 is 0 Å². The van der Waals surface area contributed by atoms with Gasteiger partial charge < -0.3 is 9.30 Å². The van der Waals surface area contributed by atoms with Crippen LogP contribution in [-0.4, -0.2) is 23.7 Å². The highest BCUT2D eigenvalue weighted by molar-refractivity contribution is 7.18. The number of benzene rings is 2. The summed E-state index contributed by atoms with van der Waals surface area (Å²) in [5.41, 5.74) is 1.06. The summed E-state index contributed by atoms with van der Waals surface area (Å²) in [6, 6.07) is 15.9. The normalized spacial score (nSPS) is 12.3. The fraction of sp³-hybridized carbons (Fsp3) is 0.200. The van der Waals surface area contributed by atoms with Crippen LogP contribution in [0.4, 0.5) is 0 Å². The molecule has 27 heavy (non-hydrogen) atoms. The van der Waals surface area contributed by atoms with Gasteiger partial charge in [0.25, 0.3) is 5.91 Å². The predicted octanol–water partition coefficient (Wildman–Crippen LogP) is 5.35. The zero-order chi connectivity index (χ0) is 18.8. The molecule has 0 aliphatic heterocycles. The molecule has 4 nitrogen and oxygen atoms in total. The van der Waals surface area contributed by atoms with Crippen molar-refractivity contribution < 1.29 is 9.53 Å². The molecular weight excluding hydrogens is 400 g/mol. The molecule has 2 heterocycles. The van der Waals surface area contributed by atoms with Crippen LogP contribution in [0.25, 0.3) is 21.0 Å². The first kappa shape index (κ1) is 18.4. The van der Waals surface area contributed by atoms with Gasteiger partial charge in [-0.05, 0) is 30.5 Å². The number of carbonyl (C=O) groups excluding carboxylic acids is 1. The van der Waals surface area contributed by atoms with Crippen molar-refractivity contribution in [3.63, 3.8) is 0 Å². The first-order chi connectivity index (χ1) is 13.2. The van der Waals surface area contributed by atoms with Gasteiger partial charge in [0.1, 0.15) is 0 Å². The van der Waals surface area contributed by atoms with Crippen LogP contribution in [0.3, 0.4) is 0 Å². The van der Waals surface area contributed by atoms with Gasteiger partial charge in [-0.25, -0.2) is 0 Å². The Morgan fingerprint density at radius 3 is 2.78 bits per heavy atom. The van der Waals surface area contributed by atoms with Crippen LogP contribution in [0, 0.1) is 0 Å². The van der Waals surface area contributed by atoms with Gasteiger partial charge in [-0.1, -0.05) is 53.3 Å². The van der Waals surface area contributed by atoms with Gasteiger partial charge in [-0.3, -0.25) is 4.79 Å². The number of ether oxygens (including phenoxy) is 1. The van der Waals surface area contributed by atoms with Crippen molar-refractivity contribution in [1.29, 1.82) is 0 Å². The highest BCUT2D eigenvalue weighted by Gasteiger charge is 2.12. The number of thiazole rings is 1. The lowest BCUT2D eigenvalue weighted by Crippen LogP contribution is -2.19. The number of nitrogens with zero attached hydrogens (tertiary/aromatic N) is 2. The average Bonchev–Trinajstić information content (AvgIpc) is 3.26. The van der Waals surface area contributed by atoms with Crippen molar-refractivity contribution in [3.05, 3.63) is 62.5 Å². The van der Waals surface area contributed by atoms with Crippen molar-refractivity contribution in [2.24, 2.45) is 4.99 Å². The Bertz CT molecular complexity index is 1190. The van der Waals surface area contributed by atoms with Crippen molar-refractivity contribution in [3.8, 4) is 0 Å². The third-order valence-corrected chi connectivity index (χ3v) is 6.56. The van der Waals surface area contributed by atoms with E-state index >= 15 is 0 Å². The summed E-state index contributed by atoms with van der Waals surface area (Å²) in [4.78, 5) is 18.2. The number of hydrogen-bond acceptors (Lipinski definition) is 4. The Balaban J connectivity index is 1.89. The van der Waals surface area contributed by atoms with Crippen molar-refractivity contribution >= 4 is 61.2 Å². The fourth-order valence-corrected chi connectivity index (χ4v) is 5.09. The molecule has 0 saturated carbocycles. The standard InChI is InChI=1S/C20H17ClN2O2S2/c1-2-25-12-11-23-15-8-7-13-5-3-4-6-14(13)18(15)27-20(23)22-19(24)16-9-10-17(21)26-16/h3-10H,2,11-12H2,1H3. The summed E-state index contributed by atoms with van der Waals surface area (Å²) < 4.78 is 9.31. The number of amides is 1. The summed E-state index contributed by atoms with van der Waals surface area (Å²) in [5.74, 6) is -0.270. The summed E-state index contributed by atoms with van der Waals surface area (Å²) in [5, 5.41) is 2.34. The molecule has 0 aliphatic carbocycles. The topological polar surface area (TPSA) is 43.6 Å². The van der Waals surface area contributed by atoms with E-state index in [0.29, 0.717) is 33.8 Å². The lowest BCUT2D eigenvalue weighted by Gasteiger charge is -2.06. The zero-order valence-electron chi connectivity index (χ0n) is 14.6. The molecule has 0 atom stereocenters. The molecule has 4 rings (SSSR count). The summed E-state index contributed by atoms with van der Waals surface area (Å²) in [7, 11) is 0. The minimum absolute atomic E-state index is 0.270. The number of hydrogen-bond donors (Lipinski definition) is 0. The number of carbonyl (C=O) groups is 1. The lowest BCUT2D eigenvalue weighted by molar-refractivity contribution is 0.100. The molecule has 0 fully saturated rings. The molecule has 0 aliphatic rings. The number of thiophene rings is 1. The highest BCUT2D eigenvalue weighted by atomic mass is 35.5. The lowest BCUT2D eigenvalue weighted by atomic mass is 10.1. The van der Waals surface area contributed by atoms with E-state index in [1.165, 1.54) is 33.4 Å². The minimum atomic E-state index is -0.270. The van der Waals surface area contributed by atoms with Crippen LogP contribution in [0.1, 0.15) is 16.6 Å². The van der Waals surface area contributed by atoms with Gasteiger partial charge in [0, 0.05) is 18.5 Å². The monoisotopic (exact) mass is 416 g/mol. The van der Waals surface area contributed by atoms with Gasteiger partial charge in [-0.15, -0.1) is 11.3 Å². The highest BCUT2D eigenvalue weighted by Crippen LogP contribution is 2.28. The Morgan fingerprint density at radius 1 is 1.15 bits per heavy atom. The number of aromatic nitrogens is 1. The van der Waals surface area contributed by atoms with E-state index in [1.807, 2.05) is 19.1 Å². The average molecular weight is 417 g/mol. The van der Waals surface area contributed by atoms with E-state index in [-0.39, 0.29) is 5.91 Å². The second-order valence-corrected chi connectivity index (χ2v) is 8.58. The van der Waals surface area contributed by atoms with Crippen LogP contribution < -0.4 is 4.80 Å².